The minimum Gasteiger partial charge on any atom is -0.494 e. The molecule has 0 saturated heterocycles. The van der Waals surface area contributed by atoms with Crippen LogP contribution >= 0.6 is 0 Å². The van der Waals surface area contributed by atoms with Crippen LogP contribution < -0.4 is 14.8 Å². The molecular formula is C27H32N8O4. The summed E-state index contributed by atoms with van der Waals surface area (Å²) in [4.78, 5) is 16.6. The van der Waals surface area contributed by atoms with Gasteiger partial charge in [0.15, 0.2) is 6.29 Å². The van der Waals surface area contributed by atoms with Gasteiger partial charge in [0.05, 0.1) is 48.4 Å². The maximum Gasteiger partial charge on any atom is 0.221 e. The van der Waals surface area contributed by atoms with Gasteiger partial charge in [-0.2, -0.15) is 15.3 Å². The number of hydrogen-bond acceptors (Lipinski definition) is 9. The van der Waals surface area contributed by atoms with Gasteiger partial charge < -0.3 is 19.9 Å². The zero-order valence-corrected chi connectivity index (χ0v) is 22.8. The minimum atomic E-state index is -0.337. The standard InChI is InChI=1S/C27H32N8O4/c1-14(12-36)35-26-19(22(13-37)33-35)7-17(8-23(26)38-6)25-18-9-20(29-11-21(18)30-31-25)24-16(3)32-34(5)27(24)39-15(2)10-28-4/h7-9,11,13-15,28,36H,10,12H2,1-6H3,(H,30,31)/t14-,15-/m0/s1. The number of fused-ring (bicyclic) bond motifs is 2. The summed E-state index contributed by atoms with van der Waals surface area (Å²) in [5, 5.41) is 30.9. The van der Waals surface area contributed by atoms with E-state index in [0.29, 0.717) is 46.8 Å². The van der Waals surface area contributed by atoms with Crippen molar-refractivity contribution in [3.8, 4) is 34.1 Å². The van der Waals surface area contributed by atoms with Crippen molar-refractivity contribution in [3.05, 3.63) is 35.8 Å². The van der Waals surface area contributed by atoms with Gasteiger partial charge in [0.2, 0.25) is 5.88 Å². The fourth-order valence-electron chi connectivity index (χ4n) is 4.90. The zero-order valence-electron chi connectivity index (χ0n) is 22.8. The summed E-state index contributed by atoms with van der Waals surface area (Å²) in [7, 11) is 5.30. The van der Waals surface area contributed by atoms with Crippen LogP contribution in [0.4, 0.5) is 0 Å². The van der Waals surface area contributed by atoms with Crippen LogP contribution in [0.1, 0.15) is 36.1 Å². The van der Waals surface area contributed by atoms with Crippen LogP contribution in [0.2, 0.25) is 0 Å². The highest BCUT2D eigenvalue weighted by Gasteiger charge is 2.23. The predicted octanol–water partition coefficient (Wildman–Crippen LogP) is 3.04. The Bertz CT molecular complexity index is 1670. The molecule has 5 aromatic rings. The van der Waals surface area contributed by atoms with Crippen LogP contribution in [0.3, 0.4) is 0 Å². The van der Waals surface area contributed by atoms with Gasteiger partial charge in [-0.05, 0) is 46.0 Å². The molecule has 204 valence electrons. The number of aromatic amines is 1. The summed E-state index contributed by atoms with van der Waals surface area (Å²) in [5.74, 6) is 1.16. The Morgan fingerprint density at radius 2 is 2.00 bits per heavy atom. The Morgan fingerprint density at radius 3 is 2.69 bits per heavy atom. The number of aromatic nitrogens is 7. The van der Waals surface area contributed by atoms with Crippen LogP contribution in [0.25, 0.3) is 44.3 Å². The summed E-state index contributed by atoms with van der Waals surface area (Å²) in [6.07, 6.45) is 2.37. The van der Waals surface area contributed by atoms with Crippen LogP contribution in [0.5, 0.6) is 11.6 Å². The summed E-state index contributed by atoms with van der Waals surface area (Å²) in [6.45, 7) is 6.30. The number of methoxy groups -OCH3 is 1. The van der Waals surface area contributed by atoms with E-state index in [4.69, 9.17) is 9.47 Å². The van der Waals surface area contributed by atoms with Crippen molar-refractivity contribution >= 4 is 28.1 Å². The molecule has 4 aromatic heterocycles. The number of aryl methyl sites for hydroxylation is 2. The highest BCUT2D eigenvalue weighted by Crippen LogP contribution is 2.39. The molecule has 0 aliphatic rings. The summed E-state index contributed by atoms with van der Waals surface area (Å²) < 4.78 is 15.3. The number of likely N-dealkylation sites (N-methyl/N-ethyl adjacent to an activating group) is 1. The molecule has 12 heteroatoms. The van der Waals surface area contributed by atoms with Gasteiger partial charge in [-0.3, -0.25) is 19.6 Å². The quantitative estimate of drug-likeness (QED) is 0.231. The molecule has 0 spiro atoms. The lowest BCUT2D eigenvalue weighted by Crippen LogP contribution is -2.27. The van der Waals surface area contributed by atoms with E-state index in [-0.39, 0.29) is 24.4 Å². The van der Waals surface area contributed by atoms with Crippen molar-refractivity contribution in [3.63, 3.8) is 0 Å². The highest BCUT2D eigenvalue weighted by atomic mass is 16.5. The molecule has 39 heavy (non-hydrogen) atoms. The molecule has 0 fully saturated rings. The first kappa shape index (κ1) is 26.3. The van der Waals surface area contributed by atoms with E-state index in [2.05, 4.69) is 30.7 Å². The molecule has 4 heterocycles. The van der Waals surface area contributed by atoms with Crippen molar-refractivity contribution in [1.29, 1.82) is 0 Å². The minimum absolute atomic E-state index is 0.0718. The van der Waals surface area contributed by atoms with Crippen molar-refractivity contribution in [2.75, 3.05) is 27.3 Å². The van der Waals surface area contributed by atoms with Gasteiger partial charge in [-0.1, -0.05) is 0 Å². The van der Waals surface area contributed by atoms with E-state index < -0.39 is 0 Å². The summed E-state index contributed by atoms with van der Waals surface area (Å²) in [5.41, 5.74) is 5.36. The molecule has 0 unspecified atom stereocenters. The van der Waals surface area contributed by atoms with Crippen LogP contribution in [-0.2, 0) is 7.05 Å². The van der Waals surface area contributed by atoms with Gasteiger partial charge in [-0.25, -0.2) is 4.68 Å². The largest absolute Gasteiger partial charge is 0.494 e. The van der Waals surface area contributed by atoms with Crippen molar-refractivity contribution < 1.29 is 19.4 Å². The van der Waals surface area contributed by atoms with E-state index in [1.165, 1.54) is 0 Å². The third-order valence-corrected chi connectivity index (χ3v) is 6.76. The molecule has 0 saturated carbocycles. The molecule has 2 atom stereocenters. The Labute approximate surface area is 224 Å². The number of aldehydes is 1. The van der Waals surface area contributed by atoms with Crippen LogP contribution in [-0.4, -0.2) is 79.5 Å². The number of pyridine rings is 1. The molecular weight excluding hydrogens is 500 g/mol. The number of rotatable bonds is 10. The first-order valence-corrected chi connectivity index (χ1v) is 12.7. The Balaban J connectivity index is 1.67. The number of ether oxygens (including phenoxy) is 2. The molecule has 1 aromatic carbocycles. The maximum absolute atomic E-state index is 11.9. The molecule has 0 amide bonds. The Kier molecular flexibility index (Phi) is 7.06. The van der Waals surface area contributed by atoms with Gasteiger partial charge in [-0.15, -0.1) is 0 Å². The van der Waals surface area contributed by atoms with Gasteiger partial charge >= 0.3 is 0 Å². The topological polar surface area (TPSA) is 145 Å². The van der Waals surface area contributed by atoms with Gasteiger partial charge in [0.25, 0.3) is 0 Å². The summed E-state index contributed by atoms with van der Waals surface area (Å²) in [6, 6.07) is 5.35. The smallest absolute Gasteiger partial charge is 0.221 e. The van der Waals surface area contributed by atoms with Gasteiger partial charge in [0.1, 0.15) is 28.8 Å². The highest BCUT2D eigenvalue weighted by molar-refractivity contribution is 6.03. The number of carbonyl (C=O) groups excluding carboxylic acids is 1. The van der Waals surface area contributed by atoms with E-state index >= 15 is 0 Å². The van der Waals surface area contributed by atoms with Gasteiger partial charge in [0, 0.05) is 29.9 Å². The fraction of sp³-hybridized carbons (Fsp3) is 0.370. The second-order valence-electron chi connectivity index (χ2n) is 9.62. The van der Waals surface area contributed by atoms with Crippen LogP contribution in [0, 0.1) is 6.92 Å². The summed E-state index contributed by atoms with van der Waals surface area (Å²) >= 11 is 0. The second kappa shape index (κ2) is 10.5. The molecule has 0 aliphatic carbocycles. The van der Waals surface area contributed by atoms with E-state index in [9.17, 15) is 9.90 Å². The number of nitrogens with one attached hydrogen (secondary N) is 2. The Morgan fingerprint density at radius 1 is 1.21 bits per heavy atom. The predicted molar refractivity (Wildman–Crippen MR) is 147 cm³/mol. The third-order valence-electron chi connectivity index (χ3n) is 6.76. The average Bonchev–Trinajstić information content (AvgIpc) is 3.60. The lowest BCUT2D eigenvalue weighted by molar-refractivity contribution is 0.111. The molecule has 0 radical (unpaired) electrons. The van der Waals surface area contributed by atoms with Crippen molar-refractivity contribution in [1.82, 2.24) is 40.1 Å². The first-order chi connectivity index (χ1) is 18.8. The van der Waals surface area contributed by atoms with Crippen molar-refractivity contribution in [2.45, 2.75) is 32.9 Å². The number of H-pyrrole nitrogens is 1. The number of benzene rings is 1. The number of aliphatic hydroxyl groups is 1. The molecule has 12 nitrogen and oxygen atoms in total. The number of aliphatic hydroxyl groups excluding tert-OH is 1. The fourth-order valence-corrected chi connectivity index (χ4v) is 4.90. The SMILES string of the molecule is CNC[C@H](C)Oc1c(-c2cc3c(-c4cc(OC)c5c(c4)c(C=O)nn5[C@@H](C)CO)n[nH]c3cn2)c(C)nn1C. The van der Waals surface area contributed by atoms with Crippen molar-refractivity contribution in [2.24, 2.45) is 7.05 Å². The third kappa shape index (κ3) is 4.51. The monoisotopic (exact) mass is 532 g/mol. The van der Waals surface area contributed by atoms with Crippen LogP contribution in [0.15, 0.2) is 24.4 Å². The van der Waals surface area contributed by atoms with E-state index in [0.717, 1.165) is 27.7 Å². The lowest BCUT2D eigenvalue weighted by atomic mass is 10.0. The molecule has 3 N–H and O–H groups in total. The molecule has 0 bridgehead atoms. The number of hydrogen-bond donors (Lipinski definition) is 3. The second-order valence-corrected chi connectivity index (χ2v) is 9.62. The number of carbonyl (C=O) groups is 1. The first-order valence-electron chi connectivity index (χ1n) is 12.7. The van der Waals surface area contributed by atoms with E-state index in [1.807, 2.05) is 53.1 Å². The molecule has 0 aliphatic heterocycles. The lowest BCUT2D eigenvalue weighted by Gasteiger charge is -2.15. The number of nitrogens with zero attached hydrogens (tertiary/aromatic N) is 6. The maximum atomic E-state index is 11.9. The zero-order chi connectivity index (χ0) is 27.8. The Hall–Kier alpha value is -4.29. The average molecular weight is 533 g/mol. The normalized spacial score (nSPS) is 13.2. The molecule has 5 rings (SSSR count). The van der Waals surface area contributed by atoms with E-state index in [1.54, 1.807) is 22.7 Å².